The minimum atomic E-state index is -1.15. The highest BCUT2D eigenvalue weighted by atomic mass is 19.1. The Balaban J connectivity index is 3.45. The summed E-state index contributed by atoms with van der Waals surface area (Å²) in [5, 5.41) is 9.44. The fourth-order valence-electron chi connectivity index (χ4n) is 1.26. The van der Waals surface area contributed by atoms with E-state index in [9.17, 15) is 14.3 Å². The number of aromatic hydroxyl groups is 1. The van der Waals surface area contributed by atoms with Gasteiger partial charge in [0.15, 0.2) is 18.2 Å². The van der Waals surface area contributed by atoms with Gasteiger partial charge in [0.25, 0.3) is 0 Å². The highest BCUT2D eigenvalue weighted by molar-refractivity contribution is 6.02. The number of phenolic OH excluding ortho intramolecular Hbond substituents is 1. The van der Waals surface area contributed by atoms with Gasteiger partial charge >= 0.3 is 0 Å². The first kappa shape index (κ1) is 11.3. The van der Waals surface area contributed by atoms with Gasteiger partial charge in [0, 0.05) is 5.56 Å². The van der Waals surface area contributed by atoms with E-state index in [0.717, 1.165) is 6.07 Å². The smallest absolute Gasteiger partial charge is 0.197 e. The first-order valence-corrected chi connectivity index (χ1v) is 4.28. The quantitative estimate of drug-likeness (QED) is 0.588. The number of ether oxygens (including phenoxy) is 1. The van der Waals surface area contributed by atoms with Crippen LogP contribution in [-0.2, 0) is 0 Å². The van der Waals surface area contributed by atoms with Gasteiger partial charge in [-0.15, -0.1) is 0 Å². The number of Topliss-reactive ketones (excluding diaryl/α,β-unsaturated/α-hetero) is 1. The molecule has 0 heterocycles. The largest absolute Gasteiger partial charge is 0.508 e. The molecule has 82 valence electrons. The van der Waals surface area contributed by atoms with E-state index in [-0.39, 0.29) is 22.7 Å². The molecule has 0 aromatic heterocycles. The minimum absolute atomic E-state index is 0.0411. The van der Waals surface area contributed by atoms with E-state index < -0.39 is 12.5 Å². The number of carbonyl (C=O) groups is 1. The maximum atomic E-state index is 12.2. The number of nitrogens with two attached hydrogens (primary N) is 1. The molecule has 0 bridgehead atoms. The fraction of sp³-hybridized carbons (Fsp3) is 0.300. The molecule has 1 aromatic rings. The monoisotopic (exact) mass is 213 g/mol. The molecule has 0 radical (unpaired) electrons. The molecule has 0 amide bonds. The number of alkyl halides is 1. The summed E-state index contributed by atoms with van der Waals surface area (Å²) in [6, 6.07) is 1.16. The van der Waals surface area contributed by atoms with Crippen LogP contribution in [0.2, 0.25) is 0 Å². The Labute approximate surface area is 86.5 Å². The Morgan fingerprint density at radius 2 is 2.27 bits per heavy atom. The van der Waals surface area contributed by atoms with E-state index in [1.807, 2.05) is 0 Å². The van der Waals surface area contributed by atoms with Crippen molar-refractivity contribution < 1.29 is 19.0 Å². The van der Waals surface area contributed by atoms with Crippen LogP contribution in [0.25, 0.3) is 0 Å². The number of carbonyl (C=O) groups excluding carboxylic acids is 1. The summed E-state index contributed by atoms with van der Waals surface area (Å²) >= 11 is 0. The second kappa shape index (κ2) is 4.16. The van der Waals surface area contributed by atoms with Crippen molar-refractivity contribution in [3.8, 4) is 11.5 Å². The summed E-state index contributed by atoms with van der Waals surface area (Å²) < 4.78 is 17.1. The SMILES string of the molecule is COc1c(C(=O)CF)cc(O)c(C)c1N. The predicted molar refractivity (Wildman–Crippen MR) is 54.1 cm³/mol. The van der Waals surface area contributed by atoms with Crippen molar-refractivity contribution in [3.05, 3.63) is 17.2 Å². The van der Waals surface area contributed by atoms with Gasteiger partial charge in [-0.1, -0.05) is 0 Å². The Hall–Kier alpha value is -1.78. The van der Waals surface area contributed by atoms with Crippen molar-refractivity contribution >= 4 is 11.5 Å². The third kappa shape index (κ3) is 1.86. The number of anilines is 1. The van der Waals surface area contributed by atoms with Gasteiger partial charge in [0.05, 0.1) is 18.4 Å². The van der Waals surface area contributed by atoms with Crippen LogP contribution in [0.1, 0.15) is 15.9 Å². The molecule has 0 saturated carbocycles. The molecule has 0 saturated heterocycles. The van der Waals surface area contributed by atoms with Gasteiger partial charge in [-0.25, -0.2) is 4.39 Å². The molecule has 0 unspecified atom stereocenters. The second-order valence-electron chi connectivity index (χ2n) is 3.07. The van der Waals surface area contributed by atoms with Crippen molar-refractivity contribution in [3.63, 3.8) is 0 Å². The molecule has 1 rings (SSSR count). The number of nitrogen functional groups attached to an aromatic ring is 1. The molecule has 3 N–H and O–H groups in total. The van der Waals surface area contributed by atoms with Gasteiger partial charge in [-0.05, 0) is 13.0 Å². The van der Waals surface area contributed by atoms with Gasteiger partial charge in [0.2, 0.25) is 0 Å². The van der Waals surface area contributed by atoms with E-state index in [0.29, 0.717) is 5.56 Å². The zero-order valence-electron chi connectivity index (χ0n) is 8.50. The minimum Gasteiger partial charge on any atom is -0.508 e. The van der Waals surface area contributed by atoms with Gasteiger partial charge in [-0.2, -0.15) is 0 Å². The number of rotatable bonds is 3. The summed E-state index contributed by atoms with van der Waals surface area (Å²) in [6.07, 6.45) is 0. The third-order valence-electron chi connectivity index (χ3n) is 2.18. The Morgan fingerprint density at radius 1 is 1.67 bits per heavy atom. The normalized spacial score (nSPS) is 10.1. The van der Waals surface area contributed by atoms with E-state index in [2.05, 4.69) is 0 Å². The summed E-state index contributed by atoms with van der Waals surface area (Å²) in [6.45, 7) is 0.426. The van der Waals surface area contributed by atoms with E-state index in [1.54, 1.807) is 6.92 Å². The molecule has 1 aromatic carbocycles. The maximum Gasteiger partial charge on any atom is 0.197 e. The molecule has 0 aliphatic carbocycles. The molecule has 5 heteroatoms. The fourth-order valence-corrected chi connectivity index (χ4v) is 1.26. The summed E-state index contributed by atoms with van der Waals surface area (Å²) in [4.78, 5) is 11.2. The van der Waals surface area contributed by atoms with Crippen LogP contribution in [0, 0.1) is 6.92 Å². The molecular weight excluding hydrogens is 201 g/mol. The Kier molecular flexibility index (Phi) is 3.14. The van der Waals surface area contributed by atoms with Crippen LogP contribution >= 0.6 is 0 Å². The summed E-state index contributed by atoms with van der Waals surface area (Å²) in [7, 11) is 1.33. The summed E-state index contributed by atoms with van der Waals surface area (Å²) in [5.41, 5.74) is 6.14. The number of phenols is 1. The van der Waals surface area contributed by atoms with Crippen molar-refractivity contribution in [2.24, 2.45) is 0 Å². The van der Waals surface area contributed by atoms with Gasteiger partial charge in [0.1, 0.15) is 5.75 Å². The van der Waals surface area contributed by atoms with Crippen LogP contribution < -0.4 is 10.5 Å². The maximum absolute atomic E-state index is 12.2. The second-order valence-corrected chi connectivity index (χ2v) is 3.07. The zero-order chi connectivity index (χ0) is 11.6. The molecule has 0 aliphatic rings. The molecule has 4 nitrogen and oxygen atoms in total. The number of ketones is 1. The average molecular weight is 213 g/mol. The first-order valence-electron chi connectivity index (χ1n) is 4.28. The number of hydrogen-bond donors (Lipinski definition) is 2. The van der Waals surface area contributed by atoms with Gasteiger partial charge in [-0.3, -0.25) is 4.79 Å². The van der Waals surface area contributed by atoms with Crippen LogP contribution in [0.15, 0.2) is 6.07 Å². The zero-order valence-corrected chi connectivity index (χ0v) is 8.50. The molecule has 0 atom stereocenters. The highest BCUT2D eigenvalue weighted by Gasteiger charge is 2.18. The lowest BCUT2D eigenvalue weighted by molar-refractivity contribution is 0.0955. The highest BCUT2D eigenvalue weighted by Crippen LogP contribution is 2.35. The lowest BCUT2D eigenvalue weighted by Gasteiger charge is -2.12. The summed E-state index contributed by atoms with van der Waals surface area (Å²) in [5.74, 6) is -0.813. The van der Waals surface area contributed by atoms with Crippen molar-refractivity contribution in [1.29, 1.82) is 0 Å². The molecule has 0 spiro atoms. The van der Waals surface area contributed by atoms with E-state index in [1.165, 1.54) is 7.11 Å². The van der Waals surface area contributed by atoms with Gasteiger partial charge < -0.3 is 15.6 Å². The van der Waals surface area contributed by atoms with Crippen molar-refractivity contribution in [2.45, 2.75) is 6.92 Å². The third-order valence-corrected chi connectivity index (χ3v) is 2.18. The topological polar surface area (TPSA) is 72.5 Å². The molecule has 0 aliphatic heterocycles. The molecule has 15 heavy (non-hydrogen) atoms. The van der Waals surface area contributed by atoms with Crippen LogP contribution in [-0.4, -0.2) is 24.7 Å². The average Bonchev–Trinajstić information content (AvgIpc) is 2.24. The molecular formula is C10H12FNO3. The van der Waals surface area contributed by atoms with E-state index >= 15 is 0 Å². The lowest BCUT2D eigenvalue weighted by atomic mass is 10.0. The Bertz CT molecular complexity index is 404. The number of methoxy groups -OCH3 is 1. The van der Waals surface area contributed by atoms with Crippen LogP contribution in [0.5, 0.6) is 11.5 Å². The first-order chi connectivity index (χ1) is 7.02. The van der Waals surface area contributed by atoms with E-state index in [4.69, 9.17) is 10.5 Å². The molecule has 0 fully saturated rings. The number of hydrogen-bond acceptors (Lipinski definition) is 4. The standard InChI is InChI=1S/C10H12FNO3/c1-5-7(13)3-6(8(14)4-11)10(15-2)9(5)12/h3,13H,4,12H2,1-2H3. The van der Waals surface area contributed by atoms with Crippen molar-refractivity contribution in [1.82, 2.24) is 0 Å². The Morgan fingerprint density at radius 3 is 2.73 bits per heavy atom. The number of halogens is 1. The van der Waals surface area contributed by atoms with Crippen LogP contribution in [0.3, 0.4) is 0 Å². The lowest BCUT2D eigenvalue weighted by Crippen LogP contribution is -2.07. The predicted octanol–water partition coefficient (Wildman–Crippen LogP) is 1.44. The number of benzene rings is 1. The van der Waals surface area contributed by atoms with Crippen LogP contribution in [0.4, 0.5) is 10.1 Å². The van der Waals surface area contributed by atoms with Crippen molar-refractivity contribution in [2.75, 3.05) is 19.5 Å².